The number of carbonyl (C=O) groups is 1. The van der Waals surface area contributed by atoms with Gasteiger partial charge in [-0.3, -0.25) is 9.36 Å². The number of esters is 1. The molecule has 0 saturated carbocycles. The molecule has 0 aliphatic rings. The minimum atomic E-state index is -0.490. The molecule has 9 nitrogen and oxygen atoms in total. The van der Waals surface area contributed by atoms with Gasteiger partial charge in [-0.1, -0.05) is 30.0 Å². The van der Waals surface area contributed by atoms with Gasteiger partial charge in [0.15, 0.2) is 11.0 Å². The molecule has 0 saturated heterocycles. The molecule has 0 bridgehead atoms. The number of ether oxygens (including phenoxy) is 2. The highest BCUT2D eigenvalue weighted by molar-refractivity contribution is 7.98. The second-order valence-electron chi connectivity index (χ2n) is 6.93. The van der Waals surface area contributed by atoms with Crippen molar-refractivity contribution < 1.29 is 14.3 Å². The van der Waals surface area contributed by atoms with Crippen LogP contribution in [-0.2, 0) is 17.0 Å². The van der Waals surface area contributed by atoms with Crippen LogP contribution < -0.4 is 10.3 Å². The van der Waals surface area contributed by atoms with Gasteiger partial charge in [-0.15, -0.1) is 16.8 Å². The van der Waals surface area contributed by atoms with Gasteiger partial charge >= 0.3 is 5.97 Å². The molecule has 2 aromatic carbocycles. The Morgan fingerprint density at radius 1 is 1.21 bits per heavy atom. The number of allylic oxidation sites excluding steroid dienone is 1. The van der Waals surface area contributed by atoms with Crippen LogP contribution in [-0.4, -0.2) is 44.9 Å². The fraction of sp³-hybridized carbons (Fsp3) is 0.174. The Bertz CT molecular complexity index is 1400. The topological polar surface area (TPSA) is 112 Å². The molecule has 0 aliphatic carbocycles. The number of fused-ring (bicyclic) bond motifs is 1. The molecule has 0 fully saturated rings. The Hall–Kier alpha value is -3.92. The quantitative estimate of drug-likeness (QED) is 0.240. The fourth-order valence-electron chi connectivity index (χ4n) is 3.35. The molecule has 2 aromatic heterocycles. The molecule has 0 radical (unpaired) electrons. The van der Waals surface area contributed by atoms with Crippen molar-refractivity contribution in [1.29, 1.82) is 0 Å². The zero-order valence-corrected chi connectivity index (χ0v) is 18.9. The number of aromatic amines is 1. The first-order valence-corrected chi connectivity index (χ1v) is 11.0. The summed E-state index contributed by atoms with van der Waals surface area (Å²) in [6.45, 7) is 4.33. The number of benzene rings is 2. The van der Waals surface area contributed by atoms with Crippen LogP contribution in [0.1, 0.15) is 16.2 Å². The summed E-state index contributed by atoms with van der Waals surface area (Å²) in [6.07, 6.45) is 1.76. The zero-order valence-electron chi connectivity index (χ0n) is 18.1. The number of aromatic nitrogens is 5. The molecule has 1 N–H and O–H groups in total. The van der Waals surface area contributed by atoms with E-state index in [0.717, 1.165) is 5.56 Å². The van der Waals surface area contributed by atoms with E-state index in [9.17, 15) is 9.59 Å². The van der Waals surface area contributed by atoms with Crippen LogP contribution in [0.15, 0.2) is 65.1 Å². The van der Waals surface area contributed by atoms with E-state index < -0.39 is 5.97 Å². The van der Waals surface area contributed by atoms with Gasteiger partial charge in [0.2, 0.25) is 0 Å². The number of carbonyl (C=O) groups excluding carboxylic acids is 1. The molecule has 0 amide bonds. The second kappa shape index (κ2) is 9.70. The van der Waals surface area contributed by atoms with Gasteiger partial charge in [-0.2, -0.15) is 0 Å². The zero-order chi connectivity index (χ0) is 23.4. The molecule has 0 atom stereocenters. The number of nitrogens with one attached hydrogen (secondary N) is 1. The van der Waals surface area contributed by atoms with Crippen molar-refractivity contribution >= 4 is 28.6 Å². The smallest absolute Gasteiger partial charge is 0.337 e. The molecule has 0 aliphatic heterocycles. The molecule has 0 unspecified atom stereocenters. The van der Waals surface area contributed by atoms with E-state index in [2.05, 4.69) is 26.7 Å². The van der Waals surface area contributed by atoms with Crippen molar-refractivity contribution in [2.24, 2.45) is 0 Å². The van der Waals surface area contributed by atoms with E-state index in [-0.39, 0.29) is 5.56 Å². The van der Waals surface area contributed by atoms with Crippen molar-refractivity contribution in [2.45, 2.75) is 17.5 Å². The Morgan fingerprint density at radius 3 is 2.79 bits per heavy atom. The van der Waals surface area contributed by atoms with Crippen molar-refractivity contribution in [3.8, 4) is 17.1 Å². The number of methoxy groups -OCH3 is 2. The summed E-state index contributed by atoms with van der Waals surface area (Å²) in [4.78, 5) is 31.6. The van der Waals surface area contributed by atoms with Crippen LogP contribution in [0.5, 0.6) is 5.75 Å². The van der Waals surface area contributed by atoms with Crippen molar-refractivity contribution in [3.05, 3.63) is 76.9 Å². The molecule has 168 valence electrons. The van der Waals surface area contributed by atoms with E-state index in [0.29, 0.717) is 51.3 Å². The van der Waals surface area contributed by atoms with Crippen LogP contribution in [0, 0.1) is 0 Å². The van der Waals surface area contributed by atoms with E-state index in [1.165, 1.54) is 24.9 Å². The van der Waals surface area contributed by atoms with Crippen LogP contribution in [0.25, 0.3) is 22.3 Å². The first-order chi connectivity index (χ1) is 16.0. The number of hydrogen-bond donors (Lipinski definition) is 1. The van der Waals surface area contributed by atoms with Crippen molar-refractivity contribution in [1.82, 2.24) is 24.7 Å². The lowest BCUT2D eigenvalue weighted by Gasteiger charge is -2.10. The van der Waals surface area contributed by atoms with Gasteiger partial charge in [-0.25, -0.2) is 9.78 Å². The number of thioether (sulfide) groups is 1. The van der Waals surface area contributed by atoms with Gasteiger partial charge in [0, 0.05) is 6.54 Å². The van der Waals surface area contributed by atoms with Gasteiger partial charge in [0.05, 0.1) is 42.0 Å². The third-order valence-corrected chi connectivity index (χ3v) is 5.87. The van der Waals surface area contributed by atoms with E-state index >= 15 is 0 Å². The number of H-pyrrole nitrogens is 1. The molecular weight excluding hydrogens is 442 g/mol. The molecule has 10 heteroatoms. The van der Waals surface area contributed by atoms with Crippen LogP contribution in [0.4, 0.5) is 0 Å². The summed E-state index contributed by atoms with van der Waals surface area (Å²) in [5.74, 6) is 1.64. The molecular formula is C23H21N5O4S. The third kappa shape index (κ3) is 4.51. The monoisotopic (exact) mass is 463 g/mol. The summed E-state index contributed by atoms with van der Waals surface area (Å²) < 4.78 is 12.1. The largest absolute Gasteiger partial charge is 0.496 e. The van der Waals surface area contributed by atoms with Gasteiger partial charge in [0.1, 0.15) is 11.6 Å². The Kier molecular flexibility index (Phi) is 6.55. The van der Waals surface area contributed by atoms with E-state index in [1.807, 2.05) is 28.8 Å². The number of rotatable bonds is 8. The maximum absolute atomic E-state index is 12.5. The van der Waals surface area contributed by atoms with Crippen molar-refractivity contribution in [3.63, 3.8) is 0 Å². The summed E-state index contributed by atoms with van der Waals surface area (Å²) in [7, 11) is 2.91. The summed E-state index contributed by atoms with van der Waals surface area (Å²) in [5.41, 5.74) is 1.27. The van der Waals surface area contributed by atoms with E-state index in [4.69, 9.17) is 9.47 Å². The number of para-hydroxylation sites is 1. The highest BCUT2D eigenvalue weighted by Gasteiger charge is 2.17. The third-order valence-electron chi connectivity index (χ3n) is 4.89. The standard InChI is InChI=1S/C23H21N5O4S/c1-4-11-28-20(16-7-5-6-8-18(16)31-2)26-27-23(28)33-13-19-24-17-12-14(22(30)32-3)9-10-15(17)21(29)25-19/h4-10,12H,1,11,13H2,2-3H3,(H,24,25,29). The van der Waals surface area contributed by atoms with Gasteiger partial charge in [-0.05, 0) is 30.3 Å². The molecule has 0 spiro atoms. The minimum Gasteiger partial charge on any atom is -0.496 e. The number of hydrogen-bond acceptors (Lipinski definition) is 8. The summed E-state index contributed by atoms with van der Waals surface area (Å²) >= 11 is 1.38. The number of nitrogens with zero attached hydrogens (tertiary/aromatic N) is 4. The first-order valence-electron chi connectivity index (χ1n) is 9.97. The average Bonchev–Trinajstić information content (AvgIpc) is 3.24. The second-order valence-corrected chi connectivity index (χ2v) is 7.87. The maximum atomic E-state index is 12.5. The van der Waals surface area contributed by atoms with Gasteiger partial charge < -0.3 is 14.5 Å². The molecule has 4 aromatic rings. The fourth-order valence-corrected chi connectivity index (χ4v) is 4.17. The Morgan fingerprint density at radius 2 is 2.03 bits per heavy atom. The van der Waals surface area contributed by atoms with E-state index in [1.54, 1.807) is 25.3 Å². The summed E-state index contributed by atoms with van der Waals surface area (Å²) in [6, 6.07) is 12.2. The first kappa shape index (κ1) is 22.3. The predicted octanol–water partition coefficient (Wildman–Crippen LogP) is 3.46. The lowest BCUT2D eigenvalue weighted by atomic mass is 10.1. The van der Waals surface area contributed by atoms with Crippen LogP contribution in [0.2, 0.25) is 0 Å². The van der Waals surface area contributed by atoms with Gasteiger partial charge in [0.25, 0.3) is 5.56 Å². The van der Waals surface area contributed by atoms with Crippen molar-refractivity contribution in [2.75, 3.05) is 14.2 Å². The Balaban J connectivity index is 1.65. The molecule has 4 rings (SSSR count). The SMILES string of the molecule is C=CCn1c(SCc2nc3cc(C(=O)OC)ccc3c(=O)[nH]2)nnc1-c1ccccc1OC. The highest BCUT2D eigenvalue weighted by Crippen LogP contribution is 2.31. The Labute approximate surface area is 193 Å². The maximum Gasteiger partial charge on any atom is 0.337 e. The molecule has 2 heterocycles. The molecule has 33 heavy (non-hydrogen) atoms. The predicted molar refractivity (Wildman–Crippen MR) is 125 cm³/mol. The highest BCUT2D eigenvalue weighted by atomic mass is 32.2. The minimum absolute atomic E-state index is 0.283. The lowest BCUT2D eigenvalue weighted by molar-refractivity contribution is 0.0601. The van der Waals surface area contributed by atoms with Crippen LogP contribution in [0.3, 0.4) is 0 Å². The van der Waals surface area contributed by atoms with Crippen LogP contribution >= 0.6 is 11.8 Å². The summed E-state index contributed by atoms with van der Waals surface area (Å²) in [5, 5.41) is 9.71. The average molecular weight is 464 g/mol. The lowest BCUT2D eigenvalue weighted by Crippen LogP contribution is -2.12. The normalized spacial score (nSPS) is 10.8.